The zero-order chi connectivity index (χ0) is 11.8. The maximum Gasteiger partial charge on any atom is 0.0743 e. The summed E-state index contributed by atoms with van der Waals surface area (Å²) in [5, 5.41) is 1.19. The Morgan fingerprint density at radius 1 is 1.29 bits per heavy atom. The van der Waals surface area contributed by atoms with Crippen LogP contribution in [-0.2, 0) is 0 Å². The van der Waals surface area contributed by atoms with Crippen LogP contribution in [0.4, 0.5) is 11.4 Å². The number of nitrogens with zero attached hydrogens (tertiary/aromatic N) is 2. The Balaban J connectivity index is 2.09. The van der Waals surface area contributed by atoms with Crippen molar-refractivity contribution in [2.75, 3.05) is 17.7 Å². The van der Waals surface area contributed by atoms with Crippen molar-refractivity contribution in [3.8, 4) is 0 Å². The molecule has 1 heterocycles. The van der Waals surface area contributed by atoms with Crippen LogP contribution in [0.1, 0.15) is 19.3 Å². The third-order valence-corrected chi connectivity index (χ3v) is 3.75. The summed E-state index contributed by atoms with van der Waals surface area (Å²) in [6.45, 7) is 0. The first kappa shape index (κ1) is 10.4. The molecule has 1 fully saturated rings. The van der Waals surface area contributed by atoms with E-state index in [9.17, 15) is 0 Å². The van der Waals surface area contributed by atoms with E-state index in [0.717, 1.165) is 11.2 Å². The smallest absolute Gasteiger partial charge is 0.0743 e. The maximum atomic E-state index is 5.79. The van der Waals surface area contributed by atoms with E-state index in [2.05, 4.69) is 29.1 Å². The number of nitrogens with two attached hydrogens (primary N) is 1. The first-order chi connectivity index (χ1) is 8.25. The van der Waals surface area contributed by atoms with Gasteiger partial charge in [-0.15, -0.1) is 0 Å². The quantitative estimate of drug-likeness (QED) is 0.802. The van der Waals surface area contributed by atoms with E-state index in [1.54, 1.807) is 0 Å². The minimum Gasteiger partial charge on any atom is -0.399 e. The van der Waals surface area contributed by atoms with E-state index in [0.29, 0.717) is 6.04 Å². The summed E-state index contributed by atoms with van der Waals surface area (Å²) < 4.78 is 0. The number of aromatic nitrogens is 1. The first-order valence-corrected chi connectivity index (χ1v) is 6.13. The van der Waals surface area contributed by atoms with Crippen molar-refractivity contribution in [1.82, 2.24) is 4.98 Å². The fraction of sp³-hybridized carbons (Fsp3) is 0.357. The van der Waals surface area contributed by atoms with Crippen molar-refractivity contribution in [1.29, 1.82) is 0 Å². The minimum absolute atomic E-state index is 0.693. The van der Waals surface area contributed by atoms with Gasteiger partial charge in [0.25, 0.3) is 0 Å². The van der Waals surface area contributed by atoms with Gasteiger partial charge in [-0.1, -0.05) is 0 Å². The Morgan fingerprint density at radius 2 is 2.12 bits per heavy atom. The molecule has 17 heavy (non-hydrogen) atoms. The Hall–Kier alpha value is -1.77. The lowest BCUT2D eigenvalue weighted by atomic mass is 9.91. The van der Waals surface area contributed by atoms with Crippen LogP contribution in [0.2, 0.25) is 0 Å². The van der Waals surface area contributed by atoms with Crippen molar-refractivity contribution >= 4 is 22.3 Å². The van der Waals surface area contributed by atoms with Crippen LogP contribution in [0, 0.1) is 0 Å². The molecule has 3 nitrogen and oxygen atoms in total. The van der Waals surface area contributed by atoms with E-state index >= 15 is 0 Å². The molecule has 0 atom stereocenters. The highest BCUT2D eigenvalue weighted by Crippen LogP contribution is 2.32. The molecule has 0 bridgehead atoms. The number of anilines is 2. The minimum atomic E-state index is 0.693. The van der Waals surface area contributed by atoms with Gasteiger partial charge >= 0.3 is 0 Å². The normalized spacial score (nSPS) is 15.8. The average Bonchev–Trinajstić information content (AvgIpc) is 2.25. The number of hydrogen-bond acceptors (Lipinski definition) is 3. The van der Waals surface area contributed by atoms with E-state index in [-0.39, 0.29) is 0 Å². The van der Waals surface area contributed by atoms with Crippen molar-refractivity contribution < 1.29 is 0 Å². The van der Waals surface area contributed by atoms with Gasteiger partial charge in [-0.25, -0.2) is 0 Å². The molecule has 1 aromatic carbocycles. The first-order valence-electron chi connectivity index (χ1n) is 6.13. The Bertz CT molecular complexity index is 546. The molecule has 0 saturated heterocycles. The van der Waals surface area contributed by atoms with Gasteiger partial charge in [0.15, 0.2) is 0 Å². The second-order valence-electron chi connectivity index (χ2n) is 4.80. The lowest BCUT2D eigenvalue weighted by Gasteiger charge is -2.36. The fourth-order valence-electron chi connectivity index (χ4n) is 2.43. The monoisotopic (exact) mass is 227 g/mol. The van der Waals surface area contributed by atoms with Crippen molar-refractivity contribution in [2.45, 2.75) is 25.3 Å². The van der Waals surface area contributed by atoms with E-state index in [1.165, 1.54) is 30.3 Å². The Labute approximate surface area is 101 Å². The molecular weight excluding hydrogens is 210 g/mol. The predicted molar refractivity (Wildman–Crippen MR) is 72.2 cm³/mol. The molecule has 0 amide bonds. The van der Waals surface area contributed by atoms with Crippen molar-refractivity contribution in [3.05, 3.63) is 30.5 Å². The predicted octanol–water partition coefficient (Wildman–Crippen LogP) is 2.81. The third kappa shape index (κ3) is 1.71. The lowest BCUT2D eigenvalue weighted by molar-refractivity contribution is 0.401. The molecule has 3 rings (SSSR count). The summed E-state index contributed by atoms with van der Waals surface area (Å²) in [4.78, 5) is 6.76. The number of pyridine rings is 1. The SMILES string of the molecule is CN(c1ccnc2cc(N)ccc12)C1CCC1. The van der Waals surface area contributed by atoms with Gasteiger partial charge in [0.05, 0.1) is 5.52 Å². The fourth-order valence-corrected chi connectivity index (χ4v) is 2.43. The highest BCUT2D eigenvalue weighted by atomic mass is 15.1. The number of hydrogen-bond donors (Lipinski definition) is 1. The largest absolute Gasteiger partial charge is 0.399 e. The second-order valence-corrected chi connectivity index (χ2v) is 4.80. The van der Waals surface area contributed by atoms with Crippen molar-refractivity contribution in [3.63, 3.8) is 0 Å². The molecule has 88 valence electrons. The molecule has 0 unspecified atom stereocenters. The summed E-state index contributed by atoms with van der Waals surface area (Å²) >= 11 is 0. The van der Waals surface area contributed by atoms with Gasteiger partial charge in [0, 0.05) is 36.0 Å². The molecule has 2 N–H and O–H groups in total. The molecule has 1 aliphatic rings. The summed E-state index contributed by atoms with van der Waals surface area (Å²) in [5.74, 6) is 0. The molecule has 0 radical (unpaired) electrons. The second kappa shape index (κ2) is 3.91. The number of fused-ring (bicyclic) bond motifs is 1. The third-order valence-electron chi connectivity index (χ3n) is 3.75. The van der Waals surface area contributed by atoms with Crippen LogP contribution in [0.25, 0.3) is 10.9 Å². The number of benzene rings is 1. The van der Waals surface area contributed by atoms with Gasteiger partial charge < -0.3 is 10.6 Å². The molecule has 3 heteroatoms. The van der Waals surface area contributed by atoms with Crippen LogP contribution < -0.4 is 10.6 Å². The summed E-state index contributed by atoms with van der Waals surface area (Å²) in [5.41, 5.74) is 8.81. The van der Waals surface area contributed by atoms with Gasteiger partial charge in [-0.05, 0) is 43.5 Å². The van der Waals surface area contributed by atoms with Gasteiger partial charge in [-0.2, -0.15) is 0 Å². The number of rotatable bonds is 2. The highest BCUT2D eigenvalue weighted by molar-refractivity contribution is 5.93. The van der Waals surface area contributed by atoms with Crippen LogP contribution in [0.3, 0.4) is 0 Å². The van der Waals surface area contributed by atoms with Crippen LogP contribution in [-0.4, -0.2) is 18.1 Å². The Morgan fingerprint density at radius 3 is 2.82 bits per heavy atom. The molecule has 1 aliphatic carbocycles. The highest BCUT2D eigenvalue weighted by Gasteiger charge is 2.23. The summed E-state index contributed by atoms with van der Waals surface area (Å²) in [6, 6.07) is 8.74. The summed E-state index contributed by atoms with van der Waals surface area (Å²) in [7, 11) is 2.18. The van der Waals surface area contributed by atoms with Crippen molar-refractivity contribution in [2.24, 2.45) is 0 Å². The average molecular weight is 227 g/mol. The van der Waals surface area contributed by atoms with E-state index < -0.39 is 0 Å². The molecule has 2 aromatic rings. The van der Waals surface area contributed by atoms with Gasteiger partial charge in [0.2, 0.25) is 0 Å². The van der Waals surface area contributed by atoms with E-state index in [1.807, 2.05) is 18.3 Å². The molecule has 1 saturated carbocycles. The lowest BCUT2D eigenvalue weighted by Crippen LogP contribution is -2.37. The van der Waals surface area contributed by atoms with Gasteiger partial charge in [-0.3, -0.25) is 4.98 Å². The van der Waals surface area contributed by atoms with E-state index in [4.69, 9.17) is 5.73 Å². The van der Waals surface area contributed by atoms with Gasteiger partial charge in [0.1, 0.15) is 0 Å². The molecular formula is C14H17N3. The van der Waals surface area contributed by atoms with Crippen LogP contribution in [0.5, 0.6) is 0 Å². The molecule has 0 spiro atoms. The summed E-state index contributed by atoms with van der Waals surface area (Å²) in [6.07, 6.45) is 5.82. The standard InChI is InChI=1S/C14H17N3/c1-17(11-3-2-4-11)14-7-8-16-13-9-10(15)5-6-12(13)14/h5-9,11H,2-4,15H2,1H3. The molecule has 1 aromatic heterocycles. The molecule has 0 aliphatic heterocycles. The zero-order valence-electron chi connectivity index (χ0n) is 10.1. The number of nitrogen functional groups attached to an aromatic ring is 1. The Kier molecular flexibility index (Phi) is 2.39. The van der Waals surface area contributed by atoms with Crippen LogP contribution in [0.15, 0.2) is 30.5 Å². The zero-order valence-corrected chi connectivity index (χ0v) is 10.1. The van der Waals surface area contributed by atoms with Crippen LogP contribution >= 0.6 is 0 Å². The maximum absolute atomic E-state index is 5.79. The topological polar surface area (TPSA) is 42.2 Å².